The summed E-state index contributed by atoms with van der Waals surface area (Å²) in [5.41, 5.74) is 3.30. The summed E-state index contributed by atoms with van der Waals surface area (Å²) in [6.07, 6.45) is 1.94. The third kappa shape index (κ3) is 3.70. The molecule has 0 atom stereocenters. The first-order chi connectivity index (χ1) is 9.74. The number of fused-ring (bicyclic) bond motifs is 1. The van der Waals surface area contributed by atoms with Crippen LogP contribution < -0.4 is 10.1 Å². The first kappa shape index (κ1) is 16.1. The van der Waals surface area contributed by atoms with E-state index in [9.17, 15) is 0 Å². The summed E-state index contributed by atoms with van der Waals surface area (Å²) in [5, 5.41) is 7.99. The molecule has 1 aromatic carbocycles. The number of hydrogen-bond donors (Lipinski definition) is 1. The van der Waals surface area contributed by atoms with E-state index in [2.05, 4.69) is 16.5 Å². The van der Waals surface area contributed by atoms with Crippen LogP contribution in [0.25, 0.3) is 0 Å². The Labute approximate surface area is 135 Å². The van der Waals surface area contributed by atoms with Crippen LogP contribution in [-0.4, -0.2) is 18.2 Å². The zero-order valence-electron chi connectivity index (χ0n) is 11.8. The van der Waals surface area contributed by atoms with Crippen LogP contribution in [0.5, 0.6) is 5.75 Å². The molecular formula is C15H18Cl2N2O2. The maximum absolute atomic E-state index is 6.30. The maximum Gasteiger partial charge on any atom is 0.141 e. The van der Waals surface area contributed by atoms with Gasteiger partial charge in [-0.05, 0) is 44.5 Å². The Hall–Kier alpha value is -1.23. The lowest BCUT2D eigenvalue weighted by atomic mass is 10.0. The summed E-state index contributed by atoms with van der Waals surface area (Å²) < 4.78 is 11.0. The van der Waals surface area contributed by atoms with Gasteiger partial charge < -0.3 is 14.6 Å². The zero-order valence-corrected chi connectivity index (χ0v) is 13.4. The topological polar surface area (TPSA) is 47.3 Å². The van der Waals surface area contributed by atoms with E-state index in [-0.39, 0.29) is 12.4 Å². The smallest absolute Gasteiger partial charge is 0.141 e. The lowest BCUT2D eigenvalue weighted by Gasteiger charge is -2.14. The third-order valence-electron chi connectivity index (χ3n) is 3.47. The van der Waals surface area contributed by atoms with Crippen molar-refractivity contribution >= 4 is 24.0 Å². The second-order valence-corrected chi connectivity index (χ2v) is 5.39. The van der Waals surface area contributed by atoms with Crippen LogP contribution in [0.3, 0.4) is 0 Å². The van der Waals surface area contributed by atoms with Crippen LogP contribution in [0, 0.1) is 6.92 Å². The quantitative estimate of drug-likeness (QED) is 0.938. The van der Waals surface area contributed by atoms with Gasteiger partial charge in [0.05, 0.1) is 5.02 Å². The monoisotopic (exact) mass is 328 g/mol. The summed E-state index contributed by atoms with van der Waals surface area (Å²) in [6, 6.07) is 5.88. The van der Waals surface area contributed by atoms with Crippen molar-refractivity contribution in [3.8, 4) is 5.75 Å². The number of aryl methyl sites for hydroxylation is 1. The average molecular weight is 329 g/mol. The second kappa shape index (κ2) is 7.16. The van der Waals surface area contributed by atoms with Gasteiger partial charge in [-0.3, -0.25) is 0 Å². The minimum atomic E-state index is 0. The summed E-state index contributed by atoms with van der Waals surface area (Å²) in [7, 11) is 0. The molecule has 0 radical (unpaired) electrons. The number of halogens is 2. The lowest BCUT2D eigenvalue weighted by molar-refractivity contribution is 0.285. The molecule has 2 heterocycles. The maximum atomic E-state index is 6.30. The van der Waals surface area contributed by atoms with Crippen LogP contribution in [-0.2, 0) is 19.4 Å². The van der Waals surface area contributed by atoms with E-state index < -0.39 is 0 Å². The Kier molecular flexibility index (Phi) is 5.51. The molecular weight excluding hydrogens is 311 g/mol. The summed E-state index contributed by atoms with van der Waals surface area (Å²) in [6.45, 7) is 4.19. The highest BCUT2D eigenvalue weighted by atomic mass is 35.5. The van der Waals surface area contributed by atoms with E-state index in [1.165, 1.54) is 11.1 Å². The van der Waals surface area contributed by atoms with Gasteiger partial charge in [0.1, 0.15) is 23.8 Å². The van der Waals surface area contributed by atoms with Gasteiger partial charge in [0.2, 0.25) is 0 Å². The molecule has 0 bridgehead atoms. The molecule has 1 aliphatic heterocycles. The molecule has 4 nitrogen and oxygen atoms in total. The van der Waals surface area contributed by atoms with Crippen LogP contribution in [0.15, 0.2) is 22.7 Å². The molecule has 0 saturated heterocycles. The first-order valence-corrected chi connectivity index (χ1v) is 7.18. The van der Waals surface area contributed by atoms with Crippen LogP contribution in [0.1, 0.15) is 22.6 Å². The van der Waals surface area contributed by atoms with E-state index in [1.54, 1.807) is 0 Å². The summed E-state index contributed by atoms with van der Waals surface area (Å²) >= 11 is 6.30. The molecule has 6 heteroatoms. The lowest BCUT2D eigenvalue weighted by Crippen LogP contribution is -2.16. The normalized spacial score (nSPS) is 14.0. The predicted molar refractivity (Wildman–Crippen MR) is 84.5 cm³/mol. The molecule has 0 amide bonds. The van der Waals surface area contributed by atoms with Crippen molar-refractivity contribution in [3.05, 3.63) is 45.8 Å². The molecule has 3 rings (SSSR count). The summed E-state index contributed by atoms with van der Waals surface area (Å²) in [5.74, 6) is 1.57. The van der Waals surface area contributed by atoms with Crippen LogP contribution in [0.4, 0.5) is 0 Å². The van der Waals surface area contributed by atoms with Crippen molar-refractivity contribution in [1.82, 2.24) is 10.5 Å². The van der Waals surface area contributed by atoms with Gasteiger partial charge in [-0.25, -0.2) is 0 Å². The van der Waals surface area contributed by atoms with Gasteiger partial charge in [0.25, 0.3) is 0 Å². The fraction of sp³-hybridized carbons (Fsp3) is 0.400. The van der Waals surface area contributed by atoms with E-state index in [0.717, 1.165) is 43.1 Å². The number of ether oxygens (including phenoxy) is 1. The fourth-order valence-electron chi connectivity index (χ4n) is 2.50. The average Bonchev–Trinajstić information content (AvgIpc) is 2.71. The molecule has 114 valence electrons. The Morgan fingerprint density at radius 3 is 2.90 bits per heavy atom. The van der Waals surface area contributed by atoms with Crippen molar-refractivity contribution in [2.75, 3.05) is 13.1 Å². The van der Waals surface area contributed by atoms with Gasteiger partial charge in [0.15, 0.2) is 0 Å². The highest BCUT2D eigenvalue weighted by Gasteiger charge is 2.16. The molecule has 0 aliphatic carbocycles. The number of nitrogens with zero attached hydrogens (tertiary/aromatic N) is 1. The molecule has 21 heavy (non-hydrogen) atoms. The molecule has 0 saturated carbocycles. The minimum Gasteiger partial charge on any atom is -0.485 e. The van der Waals surface area contributed by atoms with Gasteiger partial charge in [-0.1, -0.05) is 22.8 Å². The molecule has 1 aliphatic rings. The molecule has 0 spiro atoms. The van der Waals surface area contributed by atoms with E-state index in [0.29, 0.717) is 11.6 Å². The van der Waals surface area contributed by atoms with Gasteiger partial charge in [-0.2, -0.15) is 0 Å². The first-order valence-electron chi connectivity index (χ1n) is 6.80. The summed E-state index contributed by atoms with van der Waals surface area (Å²) in [4.78, 5) is 0. The Bertz CT molecular complexity index is 614. The number of aromatic nitrogens is 1. The van der Waals surface area contributed by atoms with E-state index >= 15 is 0 Å². The number of benzene rings is 1. The Morgan fingerprint density at radius 2 is 2.14 bits per heavy atom. The Balaban J connectivity index is 0.00000161. The third-order valence-corrected chi connectivity index (χ3v) is 3.77. The van der Waals surface area contributed by atoms with Crippen LogP contribution in [0.2, 0.25) is 5.02 Å². The van der Waals surface area contributed by atoms with Gasteiger partial charge >= 0.3 is 0 Å². The highest BCUT2D eigenvalue weighted by Crippen LogP contribution is 2.33. The van der Waals surface area contributed by atoms with E-state index in [1.807, 2.05) is 19.1 Å². The highest BCUT2D eigenvalue weighted by molar-refractivity contribution is 6.32. The Morgan fingerprint density at radius 1 is 1.33 bits per heavy atom. The number of nitrogens with one attached hydrogen (secondary N) is 1. The zero-order chi connectivity index (χ0) is 13.9. The van der Waals surface area contributed by atoms with Gasteiger partial charge in [-0.15, -0.1) is 12.4 Å². The SMILES string of the molecule is Cc1cc(COc2c(Cl)ccc3c2CCNCC3)no1.Cl. The molecule has 0 fully saturated rings. The fourth-order valence-corrected chi connectivity index (χ4v) is 2.73. The predicted octanol–water partition coefficient (Wildman–Crippen LogP) is 3.33. The molecule has 1 aromatic heterocycles. The van der Waals surface area contributed by atoms with Crippen molar-refractivity contribution in [3.63, 3.8) is 0 Å². The van der Waals surface area contributed by atoms with E-state index in [4.69, 9.17) is 20.9 Å². The molecule has 2 aromatic rings. The van der Waals surface area contributed by atoms with Crippen molar-refractivity contribution in [1.29, 1.82) is 0 Å². The van der Waals surface area contributed by atoms with Crippen molar-refractivity contribution in [2.24, 2.45) is 0 Å². The second-order valence-electron chi connectivity index (χ2n) is 4.98. The molecule has 1 N–H and O–H groups in total. The largest absolute Gasteiger partial charge is 0.485 e. The number of rotatable bonds is 3. The number of hydrogen-bond acceptors (Lipinski definition) is 4. The van der Waals surface area contributed by atoms with Crippen molar-refractivity contribution < 1.29 is 9.26 Å². The van der Waals surface area contributed by atoms with Crippen LogP contribution >= 0.6 is 24.0 Å². The van der Waals surface area contributed by atoms with Crippen molar-refractivity contribution in [2.45, 2.75) is 26.4 Å². The standard InChI is InChI=1S/C15H17ClN2O2.ClH/c1-10-8-12(18-20-10)9-19-15-13-5-7-17-6-4-11(13)2-3-14(15)16;/h2-3,8,17H,4-7,9H2,1H3;1H. The minimum absolute atomic E-state index is 0. The molecule has 0 unspecified atom stereocenters. The van der Waals surface area contributed by atoms with Gasteiger partial charge in [0, 0.05) is 11.6 Å².